The highest BCUT2D eigenvalue weighted by molar-refractivity contribution is 5.65. The van der Waals surface area contributed by atoms with Crippen molar-refractivity contribution in [1.82, 2.24) is 5.48 Å². The van der Waals surface area contributed by atoms with Crippen molar-refractivity contribution in [2.24, 2.45) is 0 Å². The Balaban J connectivity index is 2.31. The first kappa shape index (κ1) is 11.9. The van der Waals surface area contributed by atoms with Crippen molar-refractivity contribution in [1.29, 1.82) is 0 Å². The molecule has 17 heavy (non-hydrogen) atoms. The molecule has 0 spiro atoms. The Hall–Kier alpha value is -1.60. The molecule has 1 aromatic carbocycles. The Morgan fingerprint density at radius 2 is 1.76 bits per heavy atom. The number of rotatable bonds is 1. The number of hydrogen-bond acceptors (Lipinski definition) is 3. The second-order valence-corrected chi connectivity index (χ2v) is 3.46. The lowest BCUT2D eigenvalue weighted by Gasteiger charge is -2.21. The predicted molar refractivity (Wildman–Crippen MR) is 49.6 cm³/mol. The zero-order chi connectivity index (χ0) is 12.7. The molecule has 1 aliphatic heterocycles. The van der Waals surface area contributed by atoms with Crippen LogP contribution in [-0.2, 0) is 4.84 Å². The monoisotopic (exact) mass is 249 g/mol. The van der Waals surface area contributed by atoms with Gasteiger partial charge < -0.3 is 5.11 Å². The molecule has 3 nitrogen and oxygen atoms in total. The third-order valence-corrected chi connectivity index (χ3v) is 2.22. The van der Waals surface area contributed by atoms with Gasteiger partial charge in [0, 0.05) is 6.08 Å². The average Bonchev–Trinajstić information content (AvgIpc) is 2.63. The van der Waals surface area contributed by atoms with Crippen LogP contribution in [0.5, 0.6) is 0 Å². The van der Waals surface area contributed by atoms with E-state index in [-0.39, 0.29) is 11.3 Å². The van der Waals surface area contributed by atoms with Gasteiger partial charge in [-0.05, 0) is 29.8 Å². The first-order chi connectivity index (χ1) is 7.82. The fourth-order valence-corrected chi connectivity index (χ4v) is 1.30. The van der Waals surface area contributed by atoms with Crippen molar-refractivity contribution in [3.63, 3.8) is 0 Å². The van der Waals surface area contributed by atoms with Crippen LogP contribution in [0.3, 0.4) is 0 Å². The minimum atomic E-state index is -4.96. The van der Waals surface area contributed by atoms with Crippen molar-refractivity contribution >= 4 is 5.70 Å². The summed E-state index contributed by atoms with van der Waals surface area (Å²) in [5, 5.41) is 9.15. The highest BCUT2D eigenvalue weighted by Crippen LogP contribution is 2.37. The molecule has 1 unspecified atom stereocenters. The maximum Gasteiger partial charge on any atom is 0.449 e. The van der Waals surface area contributed by atoms with E-state index in [1.165, 1.54) is 12.1 Å². The molecule has 0 saturated carbocycles. The summed E-state index contributed by atoms with van der Waals surface area (Å²) in [5.74, 6) is -3.88. The number of aliphatic hydroxyl groups is 1. The maximum atomic E-state index is 12.6. The van der Waals surface area contributed by atoms with Crippen molar-refractivity contribution in [3.8, 4) is 0 Å². The summed E-state index contributed by atoms with van der Waals surface area (Å²) in [4.78, 5) is 4.10. The molecular weight excluding hydrogens is 242 g/mol. The molecule has 1 aromatic rings. The summed E-state index contributed by atoms with van der Waals surface area (Å²) in [5.41, 5.74) is 2.15. The van der Waals surface area contributed by atoms with Gasteiger partial charge in [0.05, 0.1) is 5.70 Å². The zero-order valence-corrected chi connectivity index (χ0v) is 8.25. The van der Waals surface area contributed by atoms with Crippen LogP contribution >= 0.6 is 0 Å². The van der Waals surface area contributed by atoms with E-state index >= 15 is 0 Å². The van der Waals surface area contributed by atoms with E-state index in [0.717, 1.165) is 12.1 Å². The minimum Gasteiger partial charge on any atom is -0.354 e. The molecule has 1 atom stereocenters. The van der Waals surface area contributed by atoms with E-state index < -0.39 is 17.8 Å². The van der Waals surface area contributed by atoms with E-state index in [1.807, 2.05) is 5.48 Å². The highest BCUT2D eigenvalue weighted by Gasteiger charge is 2.57. The average molecular weight is 249 g/mol. The van der Waals surface area contributed by atoms with Gasteiger partial charge in [-0.15, -0.1) is 0 Å². The lowest BCUT2D eigenvalue weighted by molar-refractivity contribution is -0.345. The summed E-state index contributed by atoms with van der Waals surface area (Å²) < 4.78 is 49.8. The van der Waals surface area contributed by atoms with E-state index in [9.17, 15) is 17.6 Å². The van der Waals surface area contributed by atoms with E-state index in [1.54, 1.807) is 0 Å². The fraction of sp³-hybridized carbons (Fsp3) is 0.200. The Labute approximate surface area is 93.3 Å². The van der Waals surface area contributed by atoms with Crippen LogP contribution in [0.2, 0.25) is 0 Å². The quantitative estimate of drug-likeness (QED) is 0.747. The van der Waals surface area contributed by atoms with Gasteiger partial charge in [-0.2, -0.15) is 13.2 Å². The largest absolute Gasteiger partial charge is 0.449 e. The second-order valence-electron chi connectivity index (χ2n) is 3.46. The Kier molecular flexibility index (Phi) is 2.59. The van der Waals surface area contributed by atoms with Gasteiger partial charge in [0.1, 0.15) is 5.82 Å². The van der Waals surface area contributed by atoms with Crippen LogP contribution in [-0.4, -0.2) is 17.1 Å². The summed E-state index contributed by atoms with van der Waals surface area (Å²) in [6.45, 7) is 0. The third kappa shape index (κ3) is 2.11. The molecule has 0 radical (unpaired) electrons. The van der Waals surface area contributed by atoms with E-state index in [2.05, 4.69) is 4.84 Å². The van der Waals surface area contributed by atoms with Crippen LogP contribution in [0.15, 0.2) is 30.3 Å². The van der Waals surface area contributed by atoms with Gasteiger partial charge in [0.2, 0.25) is 0 Å². The van der Waals surface area contributed by atoms with Crippen molar-refractivity contribution in [2.75, 3.05) is 0 Å². The molecular formula is C10H7F4NO2. The van der Waals surface area contributed by atoms with Crippen LogP contribution in [0.4, 0.5) is 17.6 Å². The molecule has 0 aromatic heterocycles. The molecule has 0 fully saturated rings. The number of alkyl halides is 3. The normalized spacial score (nSPS) is 24.4. The third-order valence-electron chi connectivity index (χ3n) is 2.22. The van der Waals surface area contributed by atoms with E-state index in [0.29, 0.717) is 6.08 Å². The van der Waals surface area contributed by atoms with Crippen molar-refractivity contribution in [2.45, 2.75) is 12.0 Å². The number of halogens is 4. The standard InChI is InChI=1S/C10H7F4NO2/c11-7-3-1-6(2-4-7)8-5-9(16,17-15-8)10(12,13)14/h1-5,15-16H. The molecule has 2 rings (SSSR count). The second kappa shape index (κ2) is 3.71. The van der Waals surface area contributed by atoms with Crippen LogP contribution in [0.25, 0.3) is 5.70 Å². The Morgan fingerprint density at radius 3 is 2.24 bits per heavy atom. The fourth-order valence-electron chi connectivity index (χ4n) is 1.30. The van der Waals surface area contributed by atoms with Crippen LogP contribution < -0.4 is 5.48 Å². The molecule has 92 valence electrons. The Bertz CT molecular complexity index is 454. The summed E-state index contributed by atoms with van der Waals surface area (Å²) >= 11 is 0. The van der Waals surface area contributed by atoms with Gasteiger partial charge in [-0.25, -0.2) is 9.23 Å². The molecule has 0 saturated heterocycles. The molecule has 7 heteroatoms. The SMILES string of the molecule is OC1(C(F)(F)F)C=C(c2ccc(F)cc2)NO1. The molecule has 0 bridgehead atoms. The van der Waals surface area contributed by atoms with Crippen LogP contribution in [0, 0.1) is 5.82 Å². The molecule has 1 aliphatic rings. The summed E-state index contributed by atoms with van der Waals surface area (Å²) in [6, 6.07) is 4.70. The van der Waals surface area contributed by atoms with Gasteiger partial charge in [-0.1, -0.05) is 0 Å². The molecule has 1 heterocycles. The first-order valence-corrected chi connectivity index (χ1v) is 4.54. The lowest BCUT2D eigenvalue weighted by atomic mass is 10.1. The van der Waals surface area contributed by atoms with Gasteiger partial charge >= 0.3 is 12.0 Å². The number of benzene rings is 1. The highest BCUT2D eigenvalue weighted by atomic mass is 19.4. The van der Waals surface area contributed by atoms with Gasteiger partial charge in [-0.3, -0.25) is 5.48 Å². The topological polar surface area (TPSA) is 41.5 Å². The maximum absolute atomic E-state index is 12.6. The molecule has 0 amide bonds. The number of hydroxylamine groups is 1. The lowest BCUT2D eigenvalue weighted by Crippen LogP contribution is -2.45. The minimum absolute atomic E-state index is 0.0789. The Morgan fingerprint density at radius 1 is 1.18 bits per heavy atom. The molecule has 2 N–H and O–H groups in total. The van der Waals surface area contributed by atoms with Crippen molar-refractivity contribution < 1.29 is 27.5 Å². The number of hydrogen-bond donors (Lipinski definition) is 2. The first-order valence-electron chi connectivity index (χ1n) is 4.54. The van der Waals surface area contributed by atoms with Crippen LogP contribution in [0.1, 0.15) is 5.56 Å². The summed E-state index contributed by atoms with van der Waals surface area (Å²) in [6.07, 6.45) is -4.47. The van der Waals surface area contributed by atoms with E-state index in [4.69, 9.17) is 5.11 Å². The molecule has 0 aliphatic carbocycles. The van der Waals surface area contributed by atoms with Gasteiger partial charge in [0.15, 0.2) is 0 Å². The zero-order valence-electron chi connectivity index (χ0n) is 8.25. The number of nitrogens with one attached hydrogen (secondary N) is 1. The predicted octanol–water partition coefficient (Wildman–Crippen LogP) is 1.95. The smallest absolute Gasteiger partial charge is 0.354 e. The van der Waals surface area contributed by atoms with Gasteiger partial charge in [0.25, 0.3) is 0 Å². The van der Waals surface area contributed by atoms with Crippen molar-refractivity contribution in [3.05, 3.63) is 41.7 Å². The summed E-state index contributed by atoms with van der Waals surface area (Å²) in [7, 11) is 0.